The predicted molar refractivity (Wildman–Crippen MR) is 88.3 cm³/mol. The lowest BCUT2D eigenvalue weighted by atomic mass is 10.3. The molecule has 7 heteroatoms. The first kappa shape index (κ1) is 17.0. The van der Waals surface area contributed by atoms with Crippen LogP contribution in [0.15, 0.2) is 30.5 Å². The first-order valence-electron chi connectivity index (χ1n) is 7.75. The summed E-state index contributed by atoms with van der Waals surface area (Å²) in [5, 5.41) is 16.4. The minimum absolute atomic E-state index is 0.0559. The molecule has 2 rings (SSSR count). The first-order chi connectivity index (χ1) is 11.1. The molecule has 0 saturated carbocycles. The van der Waals surface area contributed by atoms with Crippen molar-refractivity contribution in [1.82, 2.24) is 19.7 Å². The summed E-state index contributed by atoms with van der Waals surface area (Å²) in [5.41, 5.74) is 1.69. The number of pyridine rings is 1. The Kier molecular flexibility index (Phi) is 6.10. The van der Waals surface area contributed by atoms with E-state index in [9.17, 15) is 4.79 Å². The standard InChI is InChI=1S/C16H23N5O2/c1-3-8-20(9-10-22)16(23)18-15-11-13(2)19-21(15)12-14-6-4-5-7-17-14/h4-7,11,22H,3,8-10,12H2,1-2H3,(H,18,23). The van der Waals surface area contributed by atoms with Gasteiger partial charge >= 0.3 is 6.03 Å². The smallest absolute Gasteiger partial charge is 0.323 e. The van der Waals surface area contributed by atoms with Gasteiger partial charge in [-0.15, -0.1) is 0 Å². The number of aliphatic hydroxyl groups is 1. The van der Waals surface area contributed by atoms with Crippen molar-refractivity contribution in [3.63, 3.8) is 0 Å². The maximum absolute atomic E-state index is 12.4. The highest BCUT2D eigenvalue weighted by molar-refractivity contribution is 5.88. The number of hydrogen-bond donors (Lipinski definition) is 2. The summed E-state index contributed by atoms with van der Waals surface area (Å²) in [4.78, 5) is 18.2. The zero-order valence-corrected chi connectivity index (χ0v) is 13.6. The largest absolute Gasteiger partial charge is 0.395 e. The molecule has 23 heavy (non-hydrogen) atoms. The monoisotopic (exact) mass is 317 g/mol. The Labute approximate surface area is 136 Å². The Bertz CT molecular complexity index is 621. The molecule has 0 radical (unpaired) electrons. The summed E-state index contributed by atoms with van der Waals surface area (Å²) in [6.07, 6.45) is 2.56. The Morgan fingerprint density at radius 1 is 1.39 bits per heavy atom. The molecule has 0 unspecified atom stereocenters. The lowest BCUT2D eigenvalue weighted by molar-refractivity contribution is 0.188. The summed E-state index contributed by atoms with van der Waals surface area (Å²) in [5.74, 6) is 0.622. The Morgan fingerprint density at radius 2 is 2.22 bits per heavy atom. The summed E-state index contributed by atoms with van der Waals surface area (Å²) in [7, 11) is 0. The summed E-state index contributed by atoms with van der Waals surface area (Å²) in [6.45, 7) is 5.21. The zero-order valence-electron chi connectivity index (χ0n) is 13.6. The third kappa shape index (κ3) is 4.79. The fourth-order valence-electron chi connectivity index (χ4n) is 2.31. The van der Waals surface area contributed by atoms with E-state index >= 15 is 0 Å². The third-order valence-electron chi connectivity index (χ3n) is 3.33. The van der Waals surface area contributed by atoms with E-state index in [0.717, 1.165) is 17.8 Å². The van der Waals surface area contributed by atoms with Crippen LogP contribution in [-0.4, -0.2) is 50.5 Å². The minimum Gasteiger partial charge on any atom is -0.395 e. The zero-order chi connectivity index (χ0) is 16.7. The van der Waals surface area contributed by atoms with Crippen LogP contribution < -0.4 is 5.32 Å². The molecular weight excluding hydrogens is 294 g/mol. The number of aryl methyl sites for hydroxylation is 1. The quantitative estimate of drug-likeness (QED) is 0.816. The number of carbonyl (C=O) groups excluding carboxylic acids is 1. The number of anilines is 1. The van der Waals surface area contributed by atoms with E-state index in [2.05, 4.69) is 15.4 Å². The van der Waals surface area contributed by atoms with Crippen LogP contribution in [0.3, 0.4) is 0 Å². The van der Waals surface area contributed by atoms with Gasteiger partial charge in [0, 0.05) is 25.4 Å². The molecule has 2 N–H and O–H groups in total. The number of amides is 2. The molecule has 0 aromatic carbocycles. The van der Waals surface area contributed by atoms with E-state index in [4.69, 9.17) is 5.11 Å². The van der Waals surface area contributed by atoms with Crippen LogP contribution in [0.4, 0.5) is 10.6 Å². The summed E-state index contributed by atoms with van der Waals surface area (Å²) < 4.78 is 1.72. The normalized spacial score (nSPS) is 10.6. The van der Waals surface area contributed by atoms with Gasteiger partial charge < -0.3 is 10.0 Å². The van der Waals surface area contributed by atoms with Gasteiger partial charge in [-0.05, 0) is 25.5 Å². The fourth-order valence-corrected chi connectivity index (χ4v) is 2.31. The van der Waals surface area contributed by atoms with Crippen molar-refractivity contribution in [3.05, 3.63) is 41.9 Å². The number of nitrogens with one attached hydrogen (secondary N) is 1. The van der Waals surface area contributed by atoms with Crippen molar-refractivity contribution < 1.29 is 9.90 Å². The molecular formula is C16H23N5O2. The van der Waals surface area contributed by atoms with Crippen molar-refractivity contribution in [2.24, 2.45) is 0 Å². The van der Waals surface area contributed by atoms with Crippen molar-refractivity contribution >= 4 is 11.8 Å². The average molecular weight is 317 g/mol. The second-order valence-electron chi connectivity index (χ2n) is 5.29. The molecule has 0 atom stereocenters. The molecule has 0 spiro atoms. The van der Waals surface area contributed by atoms with E-state index in [1.54, 1.807) is 15.8 Å². The molecule has 0 bridgehead atoms. The van der Waals surface area contributed by atoms with Gasteiger partial charge in [0.05, 0.1) is 24.5 Å². The number of aliphatic hydroxyl groups excluding tert-OH is 1. The Morgan fingerprint density at radius 3 is 2.87 bits per heavy atom. The van der Waals surface area contributed by atoms with Crippen molar-refractivity contribution in [2.45, 2.75) is 26.8 Å². The lowest BCUT2D eigenvalue weighted by Crippen LogP contribution is -2.38. The van der Waals surface area contributed by atoms with Gasteiger partial charge in [-0.25, -0.2) is 9.48 Å². The van der Waals surface area contributed by atoms with Crippen LogP contribution in [0, 0.1) is 6.92 Å². The Hall–Kier alpha value is -2.41. The first-order valence-corrected chi connectivity index (χ1v) is 7.75. The van der Waals surface area contributed by atoms with Gasteiger partial charge in [-0.3, -0.25) is 10.3 Å². The molecule has 2 amide bonds. The van der Waals surface area contributed by atoms with Crippen LogP contribution in [-0.2, 0) is 6.54 Å². The van der Waals surface area contributed by atoms with Gasteiger partial charge in [0.2, 0.25) is 0 Å². The Balaban J connectivity index is 2.11. The molecule has 2 aromatic heterocycles. The van der Waals surface area contributed by atoms with Gasteiger partial charge in [-0.2, -0.15) is 5.10 Å². The number of hydrogen-bond acceptors (Lipinski definition) is 4. The topological polar surface area (TPSA) is 83.3 Å². The minimum atomic E-state index is -0.233. The van der Waals surface area contributed by atoms with E-state index in [0.29, 0.717) is 25.5 Å². The molecule has 0 saturated heterocycles. The van der Waals surface area contributed by atoms with Gasteiger partial charge in [0.1, 0.15) is 5.82 Å². The number of aromatic nitrogens is 3. The number of nitrogens with zero attached hydrogens (tertiary/aromatic N) is 4. The highest BCUT2D eigenvalue weighted by Crippen LogP contribution is 2.13. The van der Waals surface area contributed by atoms with Crippen LogP contribution in [0.25, 0.3) is 0 Å². The van der Waals surface area contributed by atoms with Crippen LogP contribution in [0.2, 0.25) is 0 Å². The van der Waals surface area contributed by atoms with Crippen LogP contribution in [0.1, 0.15) is 24.7 Å². The van der Waals surface area contributed by atoms with Crippen molar-refractivity contribution in [1.29, 1.82) is 0 Å². The highest BCUT2D eigenvalue weighted by Gasteiger charge is 2.15. The molecule has 0 aliphatic rings. The molecule has 124 valence electrons. The number of urea groups is 1. The van der Waals surface area contributed by atoms with Crippen molar-refractivity contribution in [2.75, 3.05) is 25.0 Å². The molecule has 0 aliphatic heterocycles. The maximum Gasteiger partial charge on any atom is 0.323 e. The second-order valence-corrected chi connectivity index (χ2v) is 5.29. The molecule has 2 aromatic rings. The van der Waals surface area contributed by atoms with E-state index in [1.807, 2.05) is 38.1 Å². The van der Waals surface area contributed by atoms with Gasteiger partial charge in [0.25, 0.3) is 0 Å². The van der Waals surface area contributed by atoms with Crippen molar-refractivity contribution in [3.8, 4) is 0 Å². The molecule has 7 nitrogen and oxygen atoms in total. The molecule has 0 aliphatic carbocycles. The third-order valence-corrected chi connectivity index (χ3v) is 3.33. The van der Waals surface area contributed by atoms with Crippen LogP contribution >= 0.6 is 0 Å². The van der Waals surface area contributed by atoms with E-state index in [1.165, 1.54) is 0 Å². The second kappa shape index (κ2) is 8.28. The SMILES string of the molecule is CCCN(CCO)C(=O)Nc1cc(C)nn1Cc1ccccn1. The van der Waals surface area contributed by atoms with Crippen LogP contribution in [0.5, 0.6) is 0 Å². The average Bonchev–Trinajstić information content (AvgIpc) is 2.87. The van der Waals surface area contributed by atoms with Gasteiger partial charge in [0.15, 0.2) is 0 Å². The summed E-state index contributed by atoms with van der Waals surface area (Å²) >= 11 is 0. The molecule has 0 fully saturated rings. The predicted octanol–water partition coefficient (Wildman–Crippen LogP) is 1.87. The molecule has 2 heterocycles. The maximum atomic E-state index is 12.4. The number of rotatable bonds is 7. The lowest BCUT2D eigenvalue weighted by Gasteiger charge is -2.21. The highest BCUT2D eigenvalue weighted by atomic mass is 16.3. The number of carbonyl (C=O) groups is 1. The van der Waals surface area contributed by atoms with E-state index < -0.39 is 0 Å². The van der Waals surface area contributed by atoms with E-state index in [-0.39, 0.29) is 12.6 Å². The van der Waals surface area contributed by atoms with Gasteiger partial charge in [-0.1, -0.05) is 13.0 Å². The summed E-state index contributed by atoms with van der Waals surface area (Å²) in [6, 6.07) is 7.28. The fraction of sp³-hybridized carbons (Fsp3) is 0.438.